The van der Waals surface area contributed by atoms with Crippen LogP contribution in [0.25, 0.3) is 0 Å². The predicted molar refractivity (Wildman–Crippen MR) is 54.4 cm³/mol. The third-order valence-electron chi connectivity index (χ3n) is 1.09. The van der Waals surface area contributed by atoms with Crippen LogP contribution in [0.15, 0.2) is 17.4 Å². The second-order valence-corrected chi connectivity index (χ2v) is 2.40. The molecule has 0 aromatic carbocycles. The monoisotopic (exact) mass is 235 g/mol. The zero-order valence-electron chi connectivity index (χ0n) is 6.85. The molecule has 0 saturated carbocycles. The molecule has 1 aromatic rings. The Labute approximate surface area is 90.8 Å². The molecule has 1 aromatic heterocycles. The molecule has 0 fully saturated rings. The van der Waals surface area contributed by atoms with Gasteiger partial charge in [0.1, 0.15) is 0 Å². The van der Waals surface area contributed by atoms with Gasteiger partial charge in [-0.3, -0.25) is 4.79 Å². The maximum Gasteiger partial charge on any atom is 0.301 e. The number of aliphatic imine (C=N–C) groups is 1. The van der Waals surface area contributed by atoms with E-state index in [2.05, 4.69) is 15.0 Å². The van der Waals surface area contributed by atoms with E-state index in [0.29, 0.717) is 0 Å². The SMILES string of the molecule is Cl.NC(N)=NC(=O)c1nccnc1Cl. The minimum Gasteiger partial charge on any atom is -0.370 e. The number of aromatic nitrogens is 2. The molecule has 1 rings (SSSR count). The second-order valence-electron chi connectivity index (χ2n) is 2.04. The summed E-state index contributed by atoms with van der Waals surface area (Å²) >= 11 is 5.56. The van der Waals surface area contributed by atoms with Crippen LogP contribution in [0.5, 0.6) is 0 Å². The molecule has 0 unspecified atom stereocenters. The Morgan fingerprint density at radius 2 is 1.93 bits per heavy atom. The Bertz CT molecular complexity index is 363. The number of halogens is 2. The van der Waals surface area contributed by atoms with Gasteiger partial charge < -0.3 is 11.5 Å². The highest BCUT2D eigenvalue weighted by Gasteiger charge is 2.11. The van der Waals surface area contributed by atoms with Crippen LogP contribution >= 0.6 is 24.0 Å². The minimum absolute atomic E-state index is 0. The van der Waals surface area contributed by atoms with Crippen molar-refractivity contribution in [1.29, 1.82) is 0 Å². The smallest absolute Gasteiger partial charge is 0.301 e. The van der Waals surface area contributed by atoms with Crippen LogP contribution < -0.4 is 11.5 Å². The Kier molecular flexibility index (Phi) is 4.82. The number of rotatable bonds is 1. The number of amides is 1. The fraction of sp³-hybridized carbons (Fsp3) is 0. The maximum atomic E-state index is 11.1. The molecule has 8 heteroatoms. The van der Waals surface area contributed by atoms with E-state index in [0.717, 1.165) is 0 Å². The van der Waals surface area contributed by atoms with E-state index in [1.807, 2.05) is 0 Å². The van der Waals surface area contributed by atoms with Crippen molar-refractivity contribution in [2.45, 2.75) is 0 Å². The maximum absolute atomic E-state index is 11.1. The van der Waals surface area contributed by atoms with Crippen molar-refractivity contribution >= 4 is 35.9 Å². The van der Waals surface area contributed by atoms with Gasteiger partial charge in [0.2, 0.25) is 0 Å². The van der Waals surface area contributed by atoms with E-state index in [1.54, 1.807) is 0 Å². The number of hydrogen-bond donors (Lipinski definition) is 2. The highest BCUT2D eigenvalue weighted by molar-refractivity contribution is 6.32. The number of carbonyl (C=O) groups excluding carboxylic acids is 1. The normalized spacial score (nSPS) is 8.64. The molecule has 4 N–H and O–H groups in total. The standard InChI is InChI=1S/C6H6ClN5O.ClH/c7-4-3(10-1-2-11-4)5(13)12-6(8)9;/h1-2H,(H4,8,9,12,13);1H. The molecule has 0 atom stereocenters. The third kappa shape index (κ3) is 3.15. The van der Waals surface area contributed by atoms with Crippen molar-refractivity contribution in [3.63, 3.8) is 0 Å². The summed E-state index contributed by atoms with van der Waals surface area (Å²) in [5.74, 6) is -1.05. The number of nitrogens with zero attached hydrogens (tertiary/aromatic N) is 3. The van der Waals surface area contributed by atoms with Gasteiger partial charge >= 0.3 is 5.91 Å². The molecule has 6 nitrogen and oxygen atoms in total. The van der Waals surface area contributed by atoms with Crippen LogP contribution in [0.2, 0.25) is 5.15 Å². The Morgan fingerprint density at radius 1 is 1.36 bits per heavy atom. The van der Waals surface area contributed by atoms with Gasteiger partial charge in [0.05, 0.1) is 0 Å². The highest BCUT2D eigenvalue weighted by atomic mass is 35.5. The number of hydrogen-bond acceptors (Lipinski definition) is 3. The topological polar surface area (TPSA) is 107 Å². The minimum atomic E-state index is -0.710. The summed E-state index contributed by atoms with van der Waals surface area (Å²) in [5.41, 5.74) is 9.92. The molecule has 0 saturated heterocycles. The average molecular weight is 236 g/mol. The van der Waals surface area contributed by atoms with Crippen molar-refractivity contribution in [2.75, 3.05) is 0 Å². The summed E-state index contributed by atoms with van der Waals surface area (Å²) in [6.45, 7) is 0. The lowest BCUT2D eigenvalue weighted by molar-refractivity contribution is 0.0998. The van der Waals surface area contributed by atoms with Gasteiger partial charge in [-0.15, -0.1) is 12.4 Å². The highest BCUT2D eigenvalue weighted by Crippen LogP contribution is 2.08. The second kappa shape index (κ2) is 5.36. The van der Waals surface area contributed by atoms with Gasteiger partial charge in [-0.25, -0.2) is 9.97 Å². The summed E-state index contributed by atoms with van der Waals surface area (Å²) in [7, 11) is 0. The summed E-state index contributed by atoms with van der Waals surface area (Å²) in [5, 5.41) is -0.0301. The van der Waals surface area contributed by atoms with Gasteiger partial charge in [-0.2, -0.15) is 4.99 Å². The van der Waals surface area contributed by atoms with Gasteiger partial charge in [-0.1, -0.05) is 11.6 Å². The molecular formula is C6H7Cl2N5O. The van der Waals surface area contributed by atoms with Crippen molar-refractivity contribution in [2.24, 2.45) is 16.5 Å². The molecule has 0 aliphatic heterocycles. The van der Waals surface area contributed by atoms with Crippen LogP contribution in [-0.4, -0.2) is 21.8 Å². The van der Waals surface area contributed by atoms with Crippen LogP contribution in [0.4, 0.5) is 0 Å². The van der Waals surface area contributed by atoms with E-state index < -0.39 is 5.91 Å². The molecule has 1 heterocycles. The molecule has 1 amide bonds. The summed E-state index contributed by atoms with van der Waals surface area (Å²) in [6, 6.07) is 0. The lowest BCUT2D eigenvalue weighted by Crippen LogP contribution is -2.24. The molecule has 0 aliphatic carbocycles. The Hall–Kier alpha value is -1.40. The van der Waals surface area contributed by atoms with Gasteiger partial charge in [-0.05, 0) is 0 Å². The van der Waals surface area contributed by atoms with Gasteiger partial charge in [0.25, 0.3) is 0 Å². The lowest BCUT2D eigenvalue weighted by atomic mass is 10.4. The third-order valence-corrected chi connectivity index (χ3v) is 1.36. The molecule has 76 valence electrons. The van der Waals surface area contributed by atoms with E-state index in [-0.39, 0.29) is 29.2 Å². The van der Waals surface area contributed by atoms with Gasteiger partial charge in [0, 0.05) is 12.4 Å². The lowest BCUT2D eigenvalue weighted by Gasteiger charge is -1.95. The van der Waals surface area contributed by atoms with E-state index in [9.17, 15) is 4.79 Å². The summed E-state index contributed by atoms with van der Waals surface area (Å²) in [4.78, 5) is 21.7. The summed E-state index contributed by atoms with van der Waals surface area (Å²) in [6.07, 6.45) is 2.68. The zero-order chi connectivity index (χ0) is 9.84. The number of nitrogens with two attached hydrogens (primary N) is 2. The molecule has 14 heavy (non-hydrogen) atoms. The first-order chi connectivity index (χ1) is 6.11. The van der Waals surface area contributed by atoms with Crippen LogP contribution in [0, 0.1) is 0 Å². The molecule has 0 spiro atoms. The van der Waals surface area contributed by atoms with Crippen LogP contribution in [-0.2, 0) is 0 Å². The number of carbonyl (C=O) groups is 1. The van der Waals surface area contributed by atoms with Crippen molar-refractivity contribution < 1.29 is 4.79 Å². The molecular weight excluding hydrogens is 229 g/mol. The zero-order valence-corrected chi connectivity index (χ0v) is 8.42. The fourth-order valence-electron chi connectivity index (χ4n) is 0.635. The van der Waals surface area contributed by atoms with Crippen molar-refractivity contribution in [1.82, 2.24) is 9.97 Å². The van der Waals surface area contributed by atoms with E-state index in [1.165, 1.54) is 12.4 Å². The predicted octanol–water partition coefficient (Wildman–Crippen LogP) is -0.0346. The first-order valence-electron chi connectivity index (χ1n) is 3.21. The van der Waals surface area contributed by atoms with E-state index in [4.69, 9.17) is 23.1 Å². The van der Waals surface area contributed by atoms with Crippen LogP contribution in [0.1, 0.15) is 10.5 Å². The first kappa shape index (κ1) is 12.6. The van der Waals surface area contributed by atoms with Crippen molar-refractivity contribution in [3.8, 4) is 0 Å². The quantitative estimate of drug-likeness (QED) is 0.525. The van der Waals surface area contributed by atoms with Crippen molar-refractivity contribution in [3.05, 3.63) is 23.2 Å². The largest absolute Gasteiger partial charge is 0.370 e. The number of guanidine groups is 1. The van der Waals surface area contributed by atoms with Crippen LogP contribution in [0.3, 0.4) is 0 Å². The fourth-order valence-corrected chi connectivity index (χ4v) is 0.821. The first-order valence-corrected chi connectivity index (χ1v) is 3.59. The van der Waals surface area contributed by atoms with Gasteiger partial charge in [0.15, 0.2) is 16.8 Å². The van der Waals surface area contributed by atoms with E-state index >= 15 is 0 Å². The molecule has 0 bridgehead atoms. The average Bonchev–Trinajstić information content (AvgIpc) is 2.03. The molecule has 0 aliphatic rings. The summed E-state index contributed by atoms with van der Waals surface area (Å²) < 4.78 is 0. The Morgan fingerprint density at radius 3 is 2.43 bits per heavy atom. The Balaban J connectivity index is 0.00000169. The molecule has 0 radical (unpaired) electrons.